The molecule has 4 heteroatoms. The number of nitrogens with two attached hydrogens (primary N) is 1. The van der Waals surface area contributed by atoms with E-state index in [9.17, 15) is 9.90 Å². The number of carbonyl (C=O) groups is 1. The van der Waals surface area contributed by atoms with Gasteiger partial charge < -0.3 is 15.2 Å². The van der Waals surface area contributed by atoms with E-state index in [2.05, 4.69) is 46.9 Å². The Balaban J connectivity index is 1.92. The smallest absolute Gasteiger partial charge is 0.127 e. The Bertz CT molecular complexity index is 377. The predicted octanol–water partition coefficient (Wildman–Crippen LogP) is -0.465. The van der Waals surface area contributed by atoms with Crippen LogP contribution in [0.1, 0.15) is 12.0 Å². The molecule has 0 saturated carbocycles. The Kier molecular flexibility index (Phi) is 3.81. The first-order valence-corrected chi connectivity index (χ1v) is 6.51. The van der Waals surface area contributed by atoms with Crippen LogP contribution in [0.15, 0.2) is 24.3 Å². The van der Waals surface area contributed by atoms with Crippen molar-refractivity contribution >= 4 is 28.6 Å². The van der Waals surface area contributed by atoms with Gasteiger partial charge in [-0.15, -0.1) is 0 Å². The van der Waals surface area contributed by atoms with Crippen molar-refractivity contribution in [2.75, 3.05) is 6.54 Å². The Morgan fingerprint density at radius 2 is 2.12 bits per heavy atom. The van der Waals surface area contributed by atoms with Gasteiger partial charge in [0.1, 0.15) is 6.04 Å². The first-order chi connectivity index (χ1) is 7.65. The zero-order chi connectivity index (χ0) is 11.5. The van der Waals surface area contributed by atoms with Crippen LogP contribution in [0.3, 0.4) is 0 Å². The summed E-state index contributed by atoms with van der Waals surface area (Å²) < 4.78 is 1.23. The van der Waals surface area contributed by atoms with Crippen LogP contribution in [-0.4, -0.2) is 18.6 Å². The summed E-state index contributed by atoms with van der Waals surface area (Å²) in [6, 6.07) is 8.08. The van der Waals surface area contributed by atoms with Crippen LogP contribution in [0.4, 0.5) is 0 Å². The van der Waals surface area contributed by atoms with E-state index in [1.54, 1.807) is 0 Å². The van der Waals surface area contributed by atoms with Crippen molar-refractivity contribution in [1.29, 1.82) is 0 Å². The Morgan fingerprint density at radius 1 is 1.44 bits per heavy atom. The van der Waals surface area contributed by atoms with Crippen LogP contribution >= 0.6 is 22.6 Å². The lowest BCUT2D eigenvalue weighted by Gasteiger charge is -2.08. The van der Waals surface area contributed by atoms with E-state index in [1.165, 1.54) is 9.13 Å². The summed E-state index contributed by atoms with van der Waals surface area (Å²) in [5.74, 6) is -0.465. The molecule has 1 fully saturated rings. The van der Waals surface area contributed by atoms with E-state index >= 15 is 0 Å². The average Bonchev–Trinajstić information content (AvgIpc) is 2.70. The van der Waals surface area contributed by atoms with Crippen LogP contribution < -0.4 is 10.4 Å². The fourth-order valence-corrected chi connectivity index (χ4v) is 2.58. The molecule has 0 unspecified atom stereocenters. The standard InChI is InChI=1S/C12H14INO2/c13-10-3-1-8(2-4-10)5-9-6-11(12(15)16)14-7-9/h1-4,9,11,14H,5-7H2,(H,15,16)/t9-,11+/m1/s1. The third-order valence-corrected chi connectivity index (χ3v) is 3.80. The molecule has 2 atom stereocenters. The molecule has 1 aromatic carbocycles. The van der Waals surface area contributed by atoms with Gasteiger partial charge in [-0.2, -0.15) is 0 Å². The Labute approximate surface area is 108 Å². The molecule has 0 aromatic heterocycles. The predicted molar refractivity (Wildman–Crippen MR) is 66.6 cm³/mol. The molecular weight excluding hydrogens is 317 g/mol. The molecule has 0 spiro atoms. The van der Waals surface area contributed by atoms with Gasteiger partial charge >= 0.3 is 0 Å². The number of aliphatic carboxylic acids is 1. The van der Waals surface area contributed by atoms with Gasteiger partial charge in [-0.25, -0.2) is 0 Å². The summed E-state index contributed by atoms with van der Waals surface area (Å²) in [5.41, 5.74) is 1.29. The molecule has 1 aromatic rings. The largest absolute Gasteiger partial charge is 0.544 e. The molecule has 2 N–H and O–H groups in total. The first kappa shape index (κ1) is 11.9. The number of carboxylic acid groups (broad SMARTS) is 1. The highest BCUT2D eigenvalue weighted by atomic mass is 127. The molecule has 0 bridgehead atoms. The van der Waals surface area contributed by atoms with Crippen LogP contribution in [-0.2, 0) is 11.2 Å². The summed E-state index contributed by atoms with van der Waals surface area (Å²) in [4.78, 5) is 10.7. The van der Waals surface area contributed by atoms with Gasteiger partial charge in [0.2, 0.25) is 0 Å². The van der Waals surface area contributed by atoms with Crippen molar-refractivity contribution in [2.45, 2.75) is 18.9 Å². The van der Waals surface area contributed by atoms with E-state index < -0.39 is 5.97 Å². The SMILES string of the molecule is O=C([O-])[C@@H]1C[C@@H](Cc2ccc(I)cc2)C[NH2+]1. The molecule has 0 aliphatic carbocycles. The van der Waals surface area contributed by atoms with E-state index in [-0.39, 0.29) is 6.04 Å². The monoisotopic (exact) mass is 331 g/mol. The average molecular weight is 331 g/mol. The highest BCUT2D eigenvalue weighted by Gasteiger charge is 2.28. The second-order valence-corrected chi connectivity index (χ2v) is 5.57. The molecule has 0 radical (unpaired) electrons. The van der Waals surface area contributed by atoms with E-state index in [4.69, 9.17) is 0 Å². The fraction of sp³-hybridized carbons (Fsp3) is 0.417. The number of hydrogen-bond donors (Lipinski definition) is 1. The van der Waals surface area contributed by atoms with E-state index in [1.807, 2.05) is 5.32 Å². The zero-order valence-electron chi connectivity index (χ0n) is 8.86. The number of carbonyl (C=O) groups excluding carboxylic acids is 1. The molecular formula is C12H14INO2. The lowest BCUT2D eigenvalue weighted by molar-refractivity contribution is -0.666. The van der Waals surface area contributed by atoms with Crippen LogP contribution in [0.2, 0.25) is 0 Å². The number of benzene rings is 1. The quantitative estimate of drug-likeness (QED) is 0.762. The Morgan fingerprint density at radius 3 is 2.69 bits per heavy atom. The summed E-state index contributed by atoms with van der Waals surface area (Å²) >= 11 is 2.28. The second-order valence-electron chi connectivity index (χ2n) is 4.33. The van der Waals surface area contributed by atoms with Crippen molar-refractivity contribution < 1.29 is 15.2 Å². The summed E-state index contributed by atoms with van der Waals surface area (Å²) in [6.07, 6.45) is 1.70. The minimum absolute atomic E-state index is 0.339. The number of halogens is 1. The van der Waals surface area contributed by atoms with Crippen molar-refractivity contribution in [1.82, 2.24) is 0 Å². The second kappa shape index (κ2) is 5.14. The summed E-state index contributed by atoms with van der Waals surface area (Å²) in [7, 11) is 0. The maximum atomic E-state index is 10.7. The van der Waals surface area contributed by atoms with E-state index in [0.29, 0.717) is 5.92 Å². The minimum Gasteiger partial charge on any atom is -0.544 e. The summed E-state index contributed by atoms with van der Waals surface area (Å²) in [6.45, 7) is 0.893. The maximum absolute atomic E-state index is 10.7. The summed E-state index contributed by atoms with van der Waals surface area (Å²) in [5, 5.41) is 12.6. The topological polar surface area (TPSA) is 56.7 Å². The van der Waals surface area contributed by atoms with E-state index in [0.717, 1.165) is 19.4 Å². The van der Waals surface area contributed by atoms with Gasteiger partial charge in [-0.05, 0) is 46.7 Å². The molecule has 0 amide bonds. The normalized spacial score (nSPS) is 24.6. The molecule has 2 rings (SSSR count). The number of rotatable bonds is 3. The molecule has 16 heavy (non-hydrogen) atoms. The van der Waals surface area contributed by atoms with Gasteiger partial charge in [0, 0.05) is 15.9 Å². The lowest BCUT2D eigenvalue weighted by Crippen LogP contribution is -2.90. The molecule has 1 saturated heterocycles. The van der Waals surface area contributed by atoms with Gasteiger partial charge in [-0.1, -0.05) is 12.1 Å². The third-order valence-electron chi connectivity index (χ3n) is 3.08. The Hall–Kier alpha value is -0.620. The first-order valence-electron chi connectivity index (χ1n) is 5.44. The molecule has 1 aliphatic heterocycles. The zero-order valence-corrected chi connectivity index (χ0v) is 11.0. The maximum Gasteiger partial charge on any atom is 0.127 e. The van der Waals surface area contributed by atoms with Crippen molar-refractivity contribution in [2.24, 2.45) is 5.92 Å². The van der Waals surface area contributed by atoms with Crippen LogP contribution in [0, 0.1) is 9.49 Å². The highest BCUT2D eigenvalue weighted by molar-refractivity contribution is 14.1. The number of quaternary nitrogens is 1. The van der Waals surface area contributed by atoms with Gasteiger partial charge in [0.15, 0.2) is 0 Å². The van der Waals surface area contributed by atoms with Crippen LogP contribution in [0.25, 0.3) is 0 Å². The fourth-order valence-electron chi connectivity index (χ4n) is 2.22. The number of hydrogen-bond acceptors (Lipinski definition) is 2. The molecule has 1 heterocycles. The minimum atomic E-state index is -0.926. The lowest BCUT2D eigenvalue weighted by atomic mass is 9.97. The molecule has 3 nitrogen and oxygen atoms in total. The van der Waals surface area contributed by atoms with Crippen molar-refractivity contribution in [3.63, 3.8) is 0 Å². The highest BCUT2D eigenvalue weighted by Crippen LogP contribution is 2.16. The third kappa shape index (κ3) is 2.95. The van der Waals surface area contributed by atoms with Gasteiger partial charge in [0.05, 0.1) is 12.5 Å². The van der Waals surface area contributed by atoms with Crippen LogP contribution in [0.5, 0.6) is 0 Å². The van der Waals surface area contributed by atoms with Crippen molar-refractivity contribution in [3.8, 4) is 0 Å². The molecule has 1 aliphatic rings. The molecule has 86 valence electrons. The van der Waals surface area contributed by atoms with Gasteiger partial charge in [-0.3, -0.25) is 0 Å². The van der Waals surface area contributed by atoms with Gasteiger partial charge in [0.25, 0.3) is 0 Å². The number of carboxylic acids is 1. The van der Waals surface area contributed by atoms with Crippen molar-refractivity contribution in [3.05, 3.63) is 33.4 Å².